The molecule has 0 saturated heterocycles. The van der Waals surface area contributed by atoms with Crippen molar-refractivity contribution in [3.63, 3.8) is 0 Å². The van der Waals surface area contributed by atoms with Gasteiger partial charge in [-0.15, -0.1) is 0 Å². The highest BCUT2D eigenvalue weighted by molar-refractivity contribution is 6.00. The van der Waals surface area contributed by atoms with Crippen LogP contribution in [0.3, 0.4) is 0 Å². The predicted octanol–water partition coefficient (Wildman–Crippen LogP) is 6.81. The minimum atomic E-state index is -0.955. The largest absolute Gasteiger partial charge is 0.444 e. The number of rotatable bonds is 9. The Morgan fingerprint density at radius 3 is 2.12 bits per heavy atom. The molecule has 218 valence electrons. The normalized spacial score (nSPS) is 12.7. The van der Waals surface area contributed by atoms with Crippen LogP contribution >= 0.6 is 0 Å². The lowest BCUT2D eigenvalue weighted by molar-refractivity contribution is -0.140. The zero-order valence-corrected chi connectivity index (χ0v) is 24.9. The van der Waals surface area contributed by atoms with Gasteiger partial charge < -0.3 is 20.3 Å². The van der Waals surface area contributed by atoms with Gasteiger partial charge in [-0.05, 0) is 68.7 Å². The van der Waals surface area contributed by atoms with Crippen LogP contribution in [-0.4, -0.2) is 41.0 Å². The van der Waals surface area contributed by atoms with Crippen LogP contribution in [0, 0.1) is 6.92 Å². The van der Waals surface area contributed by atoms with E-state index in [9.17, 15) is 14.4 Å². The van der Waals surface area contributed by atoms with Crippen LogP contribution in [0.4, 0.5) is 10.5 Å². The van der Waals surface area contributed by atoms with Gasteiger partial charge in [-0.2, -0.15) is 0 Å². The molecule has 0 aromatic heterocycles. The SMILES string of the molecule is CCN(C(=O)C(Cc1ccccc1)NC(=O)OC(C)(C)C)C(C(=O)Nc1ccc2ccccc2c1)c1ccc(C)cc1. The molecule has 4 rings (SSSR count). The van der Waals surface area contributed by atoms with Gasteiger partial charge in [0.15, 0.2) is 0 Å². The second-order valence-corrected chi connectivity index (χ2v) is 11.4. The molecule has 2 N–H and O–H groups in total. The minimum absolute atomic E-state index is 0.238. The smallest absolute Gasteiger partial charge is 0.408 e. The molecule has 0 aliphatic heterocycles. The molecule has 0 aliphatic carbocycles. The molecule has 0 heterocycles. The fourth-order valence-corrected chi connectivity index (χ4v) is 4.86. The van der Waals surface area contributed by atoms with Crippen molar-refractivity contribution in [1.82, 2.24) is 10.2 Å². The average Bonchev–Trinajstić information content (AvgIpc) is 2.95. The number of carbonyl (C=O) groups is 3. The number of amides is 3. The van der Waals surface area contributed by atoms with Gasteiger partial charge in [0.05, 0.1) is 0 Å². The fourth-order valence-electron chi connectivity index (χ4n) is 4.86. The molecular weight excluding hydrogens is 526 g/mol. The number of ether oxygens (including phenoxy) is 1. The first-order chi connectivity index (χ1) is 20.0. The van der Waals surface area contributed by atoms with Gasteiger partial charge >= 0.3 is 6.09 Å². The van der Waals surface area contributed by atoms with Gasteiger partial charge in [-0.1, -0.05) is 90.5 Å². The van der Waals surface area contributed by atoms with E-state index < -0.39 is 23.8 Å². The topological polar surface area (TPSA) is 87.7 Å². The number of hydrogen-bond acceptors (Lipinski definition) is 4. The molecule has 7 heteroatoms. The van der Waals surface area contributed by atoms with Crippen molar-refractivity contribution in [1.29, 1.82) is 0 Å². The average molecular weight is 566 g/mol. The molecule has 0 fully saturated rings. The Bertz CT molecular complexity index is 1530. The van der Waals surface area contributed by atoms with E-state index in [-0.39, 0.29) is 24.8 Å². The van der Waals surface area contributed by atoms with Crippen molar-refractivity contribution in [2.75, 3.05) is 11.9 Å². The number of anilines is 1. The second-order valence-electron chi connectivity index (χ2n) is 11.4. The maximum atomic E-state index is 14.3. The number of benzene rings is 4. The molecular formula is C35H39N3O4. The van der Waals surface area contributed by atoms with Crippen LogP contribution in [0.1, 0.15) is 50.4 Å². The summed E-state index contributed by atoms with van der Waals surface area (Å²) in [7, 11) is 0. The zero-order chi connectivity index (χ0) is 30.3. The number of aryl methyl sites for hydroxylation is 1. The number of alkyl carbamates (subject to hydrolysis) is 1. The Balaban J connectivity index is 1.68. The summed E-state index contributed by atoms with van der Waals surface area (Å²) in [4.78, 5) is 42.7. The first-order valence-corrected chi connectivity index (χ1v) is 14.2. The van der Waals surface area contributed by atoms with Crippen molar-refractivity contribution in [3.8, 4) is 0 Å². The monoisotopic (exact) mass is 565 g/mol. The number of nitrogens with zero attached hydrogens (tertiary/aromatic N) is 1. The summed E-state index contributed by atoms with van der Waals surface area (Å²) in [5.74, 6) is -0.730. The molecule has 2 unspecified atom stereocenters. The number of likely N-dealkylation sites (N-methyl/N-ethyl adjacent to an activating group) is 1. The number of hydrogen-bond donors (Lipinski definition) is 2. The van der Waals surface area contributed by atoms with Crippen LogP contribution in [0.5, 0.6) is 0 Å². The Kier molecular flexibility index (Phi) is 9.63. The molecule has 0 aliphatic rings. The van der Waals surface area contributed by atoms with Crippen LogP contribution in [0.25, 0.3) is 10.8 Å². The van der Waals surface area contributed by atoms with Crippen molar-refractivity contribution in [2.24, 2.45) is 0 Å². The number of fused-ring (bicyclic) bond motifs is 1. The van der Waals surface area contributed by atoms with E-state index >= 15 is 0 Å². The van der Waals surface area contributed by atoms with Crippen LogP contribution in [-0.2, 0) is 20.7 Å². The van der Waals surface area contributed by atoms with Crippen molar-refractivity contribution in [2.45, 2.75) is 58.7 Å². The summed E-state index contributed by atoms with van der Waals surface area (Å²) in [5, 5.41) is 7.87. The van der Waals surface area contributed by atoms with Crippen LogP contribution < -0.4 is 10.6 Å². The molecule has 3 amide bonds. The van der Waals surface area contributed by atoms with E-state index in [2.05, 4.69) is 10.6 Å². The minimum Gasteiger partial charge on any atom is -0.444 e. The van der Waals surface area contributed by atoms with E-state index in [1.165, 1.54) is 4.90 Å². The first-order valence-electron chi connectivity index (χ1n) is 14.2. The Hall–Kier alpha value is -4.65. The molecule has 7 nitrogen and oxygen atoms in total. The van der Waals surface area contributed by atoms with Crippen LogP contribution in [0.2, 0.25) is 0 Å². The summed E-state index contributed by atoms with van der Waals surface area (Å²) in [6.07, 6.45) is -0.456. The highest BCUT2D eigenvalue weighted by atomic mass is 16.6. The Morgan fingerprint density at radius 2 is 1.48 bits per heavy atom. The third kappa shape index (κ3) is 7.97. The molecule has 0 spiro atoms. The third-order valence-electron chi connectivity index (χ3n) is 6.87. The predicted molar refractivity (Wildman–Crippen MR) is 167 cm³/mol. The van der Waals surface area contributed by atoms with Gasteiger partial charge in [0.2, 0.25) is 5.91 Å². The van der Waals surface area contributed by atoms with Crippen molar-refractivity contribution in [3.05, 3.63) is 114 Å². The molecule has 4 aromatic carbocycles. The maximum absolute atomic E-state index is 14.3. The standard InChI is InChI=1S/C35H39N3O4/c1-6-38(33(40)30(22-25-12-8-7-9-13-25)37-34(41)42-35(3,4)5)31(27-18-16-24(2)17-19-27)32(39)36-29-21-20-26-14-10-11-15-28(26)23-29/h7-21,23,30-31H,6,22H2,1-5H3,(H,36,39)(H,37,41). The van der Waals surface area contributed by atoms with Gasteiger partial charge in [-0.25, -0.2) is 4.79 Å². The molecule has 4 aromatic rings. The third-order valence-corrected chi connectivity index (χ3v) is 6.87. The first kappa shape index (κ1) is 30.3. The van der Waals surface area contributed by atoms with Crippen LogP contribution in [0.15, 0.2) is 97.1 Å². The van der Waals surface area contributed by atoms with Gasteiger partial charge in [0.25, 0.3) is 5.91 Å². The number of nitrogens with one attached hydrogen (secondary N) is 2. The van der Waals surface area contributed by atoms with E-state index in [0.717, 1.165) is 21.9 Å². The lowest BCUT2D eigenvalue weighted by Crippen LogP contribution is -2.53. The molecule has 42 heavy (non-hydrogen) atoms. The highest BCUT2D eigenvalue weighted by Crippen LogP contribution is 2.26. The van der Waals surface area contributed by atoms with E-state index in [0.29, 0.717) is 11.3 Å². The Morgan fingerprint density at radius 1 is 0.833 bits per heavy atom. The summed E-state index contributed by atoms with van der Waals surface area (Å²) in [6.45, 7) is 9.34. The quantitative estimate of drug-likeness (QED) is 0.233. The molecule has 0 saturated carbocycles. The lowest BCUT2D eigenvalue weighted by atomic mass is 9.99. The Labute approximate surface area is 247 Å². The summed E-state index contributed by atoms with van der Waals surface area (Å²) < 4.78 is 5.49. The summed E-state index contributed by atoms with van der Waals surface area (Å²) in [6, 6.07) is 28.8. The molecule has 0 radical (unpaired) electrons. The molecule has 0 bridgehead atoms. The summed E-state index contributed by atoms with van der Waals surface area (Å²) in [5.41, 5.74) is 2.47. The van der Waals surface area contributed by atoms with E-state index in [1.54, 1.807) is 20.8 Å². The fraction of sp³-hybridized carbons (Fsp3) is 0.286. The summed E-state index contributed by atoms with van der Waals surface area (Å²) >= 11 is 0. The maximum Gasteiger partial charge on any atom is 0.408 e. The van der Waals surface area contributed by atoms with Gasteiger partial charge in [-0.3, -0.25) is 9.59 Å². The van der Waals surface area contributed by atoms with Gasteiger partial charge in [0, 0.05) is 18.7 Å². The second kappa shape index (κ2) is 13.3. The van der Waals surface area contributed by atoms with E-state index in [1.807, 2.05) is 111 Å². The number of carbonyl (C=O) groups excluding carboxylic acids is 3. The van der Waals surface area contributed by atoms with E-state index in [4.69, 9.17) is 4.74 Å². The molecule has 2 atom stereocenters. The highest BCUT2D eigenvalue weighted by Gasteiger charge is 2.35. The van der Waals surface area contributed by atoms with Crippen molar-refractivity contribution < 1.29 is 19.1 Å². The van der Waals surface area contributed by atoms with Gasteiger partial charge in [0.1, 0.15) is 17.7 Å². The van der Waals surface area contributed by atoms with Crippen molar-refractivity contribution >= 4 is 34.4 Å². The lowest BCUT2D eigenvalue weighted by Gasteiger charge is -2.34. The zero-order valence-electron chi connectivity index (χ0n) is 24.9.